The second-order valence-electron chi connectivity index (χ2n) is 10.5. The van der Waals surface area contributed by atoms with Crippen LogP contribution < -0.4 is 0 Å². The van der Waals surface area contributed by atoms with Gasteiger partial charge in [-0.05, 0) is 0 Å². The molecule has 0 unspecified atom stereocenters. The number of allylic oxidation sites excluding steroid dienone is 1. The molecule has 2 aliphatic heterocycles. The van der Waals surface area contributed by atoms with Crippen LogP contribution in [-0.4, -0.2) is 77.7 Å². The summed E-state index contributed by atoms with van der Waals surface area (Å²) in [4.78, 5) is 15.4. The van der Waals surface area contributed by atoms with E-state index >= 15 is 0 Å². The van der Waals surface area contributed by atoms with Crippen molar-refractivity contribution in [2.24, 2.45) is 11.8 Å². The van der Waals surface area contributed by atoms with Crippen LogP contribution in [0.4, 0.5) is 0 Å². The van der Waals surface area contributed by atoms with Gasteiger partial charge in [0.05, 0.1) is 0 Å². The summed E-state index contributed by atoms with van der Waals surface area (Å²) in [6.07, 6.45) is 8.95. The number of aliphatic hydroxyl groups is 2. The number of aliphatic hydroxyl groups excluding tert-OH is 1. The molecule has 2 saturated heterocycles. The molecule has 2 heterocycles. The fraction of sp³-hybridized carbons (Fsp3) is 0.870. The minimum atomic E-state index is -1.71. The topological polar surface area (TPSA) is 79.2 Å². The predicted molar refractivity (Wildman–Crippen MR) is 122 cm³/mol. The van der Waals surface area contributed by atoms with Crippen molar-refractivity contribution in [1.82, 2.24) is 4.90 Å². The summed E-state index contributed by atoms with van der Waals surface area (Å²) < 4.78 is 12.1. The number of ether oxygens (including phenoxy) is 1. The molecule has 0 bridgehead atoms. The number of fused-ring (bicyclic) bond motifs is 1. The van der Waals surface area contributed by atoms with Crippen molar-refractivity contribution in [1.29, 1.82) is 0 Å². The average molecular weight is 444 g/mol. The van der Waals surface area contributed by atoms with Crippen molar-refractivity contribution in [2.45, 2.75) is 82.3 Å². The molecule has 2 fully saturated rings. The Hall–Kier alpha value is -0.520. The monoisotopic (exact) mass is 443 g/mol. The molecule has 0 aromatic heterocycles. The molecular weight excluding hydrogens is 401 g/mol. The molecule has 1 aliphatic carbocycles. The van der Waals surface area contributed by atoms with Crippen LogP contribution in [0.1, 0.15) is 58.8 Å². The molecule has 6 nitrogen and oxygen atoms in total. The molecule has 7 heteroatoms. The van der Waals surface area contributed by atoms with Gasteiger partial charge in [-0.1, -0.05) is 0 Å². The number of unbranched alkanes of at least 4 members (excludes halogenated alkanes) is 1. The van der Waals surface area contributed by atoms with E-state index in [9.17, 15) is 15.0 Å². The van der Waals surface area contributed by atoms with E-state index in [2.05, 4.69) is 39.1 Å². The van der Waals surface area contributed by atoms with Crippen LogP contribution in [0.15, 0.2) is 12.2 Å². The van der Waals surface area contributed by atoms with Gasteiger partial charge in [-0.3, -0.25) is 0 Å². The number of hydrogen-bond acceptors (Lipinski definition) is 5. The van der Waals surface area contributed by atoms with Crippen LogP contribution in [0.2, 0.25) is 0 Å². The molecule has 3 rings (SSSR count). The standard InChI is InChI=1S/C23H42NO5P/c1-6-7-13-19-24-21(26)18(14-15-29-30(3,4)5)22(2,27)23(24,16-28-19)20(25)17-11-9-8-10-12-17/h9,11,17-20,25,27,30H,6-8,10,12-16H2,1-5H3/t17-,18+,19+,20-,22+,23-/m1/s1. The molecule has 1 amide bonds. The maximum absolute atomic E-state index is 13.6. The third-order valence-electron chi connectivity index (χ3n) is 7.24. The van der Waals surface area contributed by atoms with Gasteiger partial charge in [-0.25, -0.2) is 0 Å². The SMILES string of the molecule is CCCC[C@@H]1OC[C@]2([C@H](O)[C@@H]3C=CCCC3)N1C(=O)[C@H](CCO[PH](C)(C)C)[C@]2(C)O. The van der Waals surface area contributed by atoms with Crippen molar-refractivity contribution in [3.63, 3.8) is 0 Å². The summed E-state index contributed by atoms with van der Waals surface area (Å²) in [5.74, 6) is -0.772. The van der Waals surface area contributed by atoms with Gasteiger partial charge in [0.15, 0.2) is 0 Å². The Labute approximate surface area is 182 Å². The van der Waals surface area contributed by atoms with Gasteiger partial charge in [-0.15, -0.1) is 0 Å². The van der Waals surface area contributed by atoms with E-state index in [1.807, 2.05) is 0 Å². The van der Waals surface area contributed by atoms with Crippen LogP contribution >= 0.6 is 7.49 Å². The van der Waals surface area contributed by atoms with E-state index in [-0.39, 0.29) is 24.7 Å². The maximum atomic E-state index is 13.6. The van der Waals surface area contributed by atoms with Crippen LogP contribution in [0.3, 0.4) is 0 Å². The van der Waals surface area contributed by atoms with Crippen molar-refractivity contribution < 1.29 is 24.3 Å². The van der Waals surface area contributed by atoms with Crippen LogP contribution in [0, 0.1) is 11.8 Å². The van der Waals surface area contributed by atoms with E-state index in [1.165, 1.54) is 0 Å². The Bertz CT molecular complexity index is 646. The second-order valence-corrected chi connectivity index (χ2v) is 15.0. The molecular formula is C23H42NO5P. The number of carbonyl (C=O) groups is 1. The first-order valence-electron chi connectivity index (χ1n) is 11.7. The minimum absolute atomic E-state index is 0.0777. The molecule has 174 valence electrons. The molecule has 6 atom stereocenters. The molecule has 3 aliphatic rings. The van der Waals surface area contributed by atoms with E-state index in [1.54, 1.807) is 11.8 Å². The van der Waals surface area contributed by atoms with Crippen LogP contribution in [0.5, 0.6) is 0 Å². The Balaban J connectivity index is 1.92. The molecule has 0 radical (unpaired) electrons. The molecule has 30 heavy (non-hydrogen) atoms. The van der Waals surface area contributed by atoms with E-state index < -0.39 is 30.7 Å². The zero-order valence-electron chi connectivity index (χ0n) is 19.4. The summed E-state index contributed by atoms with van der Waals surface area (Å²) in [5.41, 5.74) is -2.50. The second kappa shape index (κ2) is 9.15. The van der Waals surface area contributed by atoms with E-state index in [4.69, 9.17) is 9.26 Å². The molecule has 0 saturated carbocycles. The van der Waals surface area contributed by atoms with Crippen molar-refractivity contribution in [2.75, 3.05) is 33.2 Å². The zero-order chi connectivity index (χ0) is 22.2. The summed E-state index contributed by atoms with van der Waals surface area (Å²) in [6, 6.07) is 0. The first-order chi connectivity index (χ1) is 14.1. The third-order valence-corrected chi connectivity index (χ3v) is 8.31. The first-order valence-corrected chi connectivity index (χ1v) is 15.1. The van der Waals surface area contributed by atoms with Gasteiger partial charge >= 0.3 is 182 Å². The Kier molecular flexibility index (Phi) is 7.36. The van der Waals surface area contributed by atoms with Crippen molar-refractivity contribution in [3.05, 3.63) is 12.2 Å². The van der Waals surface area contributed by atoms with Crippen molar-refractivity contribution in [3.8, 4) is 0 Å². The first kappa shape index (κ1) is 24.1. The summed E-state index contributed by atoms with van der Waals surface area (Å²) in [6.45, 7) is 10.8. The van der Waals surface area contributed by atoms with Crippen LogP contribution in [0.25, 0.3) is 0 Å². The number of amides is 1. The summed E-state index contributed by atoms with van der Waals surface area (Å²) >= 11 is 0. The normalized spacial score (nSPS) is 38.2. The van der Waals surface area contributed by atoms with E-state index in [0.717, 1.165) is 38.5 Å². The number of nitrogens with zero attached hydrogens (tertiary/aromatic N) is 1. The third kappa shape index (κ3) is 4.23. The van der Waals surface area contributed by atoms with Gasteiger partial charge in [0.1, 0.15) is 0 Å². The molecule has 0 aromatic carbocycles. The molecule has 0 spiro atoms. The van der Waals surface area contributed by atoms with Gasteiger partial charge in [0, 0.05) is 0 Å². The number of carbonyl (C=O) groups excluding carboxylic acids is 1. The number of rotatable bonds is 9. The predicted octanol–water partition coefficient (Wildman–Crippen LogP) is 3.16. The summed E-state index contributed by atoms with van der Waals surface area (Å²) in [7, 11) is -1.71. The van der Waals surface area contributed by atoms with Gasteiger partial charge in [0.2, 0.25) is 0 Å². The van der Waals surface area contributed by atoms with Gasteiger partial charge < -0.3 is 0 Å². The Morgan fingerprint density at radius 2 is 2.10 bits per heavy atom. The molecule has 0 aromatic rings. The molecule has 2 N–H and O–H groups in total. The fourth-order valence-corrected chi connectivity index (χ4v) is 6.25. The number of hydrogen-bond donors (Lipinski definition) is 2. The van der Waals surface area contributed by atoms with Crippen LogP contribution in [-0.2, 0) is 14.1 Å². The quantitative estimate of drug-likeness (QED) is 0.423. The van der Waals surface area contributed by atoms with E-state index in [0.29, 0.717) is 13.0 Å². The van der Waals surface area contributed by atoms with Gasteiger partial charge in [-0.2, -0.15) is 0 Å². The Morgan fingerprint density at radius 3 is 2.70 bits per heavy atom. The Morgan fingerprint density at radius 1 is 1.37 bits per heavy atom. The van der Waals surface area contributed by atoms with Crippen molar-refractivity contribution >= 4 is 13.4 Å². The fourth-order valence-electron chi connectivity index (χ4n) is 5.52. The van der Waals surface area contributed by atoms with Gasteiger partial charge in [0.25, 0.3) is 0 Å². The average Bonchev–Trinajstić information content (AvgIpc) is 3.15. The summed E-state index contributed by atoms with van der Waals surface area (Å²) in [5, 5.41) is 23.4. The zero-order valence-corrected chi connectivity index (χ0v) is 20.4.